The number of fused-ring (bicyclic) bond motifs is 1. The number of aryl methyl sites for hydroxylation is 1. The molecule has 3 rings (SSSR count). The van der Waals surface area contributed by atoms with Gasteiger partial charge in [0, 0.05) is 31.1 Å². The molecule has 0 amide bonds. The summed E-state index contributed by atoms with van der Waals surface area (Å²) in [6.45, 7) is 4.76. The molecule has 1 aromatic heterocycles. The van der Waals surface area contributed by atoms with Gasteiger partial charge in [-0.15, -0.1) is 0 Å². The van der Waals surface area contributed by atoms with Gasteiger partial charge in [-0.1, -0.05) is 0 Å². The molecule has 0 aliphatic carbocycles. The SMILES string of the molecule is CC1CCCc2nc(C3CCCN(C)C3)cn21. The van der Waals surface area contributed by atoms with E-state index in [0.717, 1.165) is 0 Å². The van der Waals surface area contributed by atoms with E-state index in [2.05, 4.69) is 29.6 Å². The minimum absolute atomic E-state index is 0.654. The maximum atomic E-state index is 4.90. The van der Waals surface area contributed by atoms with Crippen molar-refractivity contribution in [3.63, 3.8) is 0 Å². The van der Waals surface area contributed by atoms with Gasteiger partial charge < -0.3 is 9.47 Å². The Balaban J connectivity index is 1.83. The van der Waals surface area contributed by atoms with E-state index in [1.54, 1.807) is 0 Å². The van der Waals surface area contributed by atoms with Gasteiger partial charge >= 0.3 is 0 Å². The van der Waals surface area contributed by atoms with Crippen LogP contribution in [0.3, 0.4) is 0 Å². The Labute approximate surface area is 104 Å². The Morgan fingerprint density at radius 1 is 1.29 bits per heavy atom. The number of imidazole rings is 1. The van der Waals surface area contributed by atoms with E-state index in [1.165, 1.54) is 56.7 Å². The van der Waals surface area contributed by atoms with Crippen molar-refractivity contribution in [2.24, 2.45) is 0 Å². The van der Waals surface area contributed by atoms with Gasteiger partial charge in [0.05, 0.1) is 5.69 Å². The summed E-state index contributed by atoms with van der Waals surface area (Å²) in [7, 11) is 2.23. The first kappa shape index (κ1) is 11.3. The monoisotopic (exact) mass is 233 g/mol. The molecule has 0 bridgehead atoms. The highest BCUT2D eigenvalue weighted by Gasteiger charge is 2.24. The van der Waals surface area contributed by atoms with Crippen molar-refractivity contribution in [3.8, 4) is 0 Å². The first-order valence-electron chi connectivity index (χ1n) is 7.00. The highest BCUT2D eigenvalue weighted by molar-refractivity contribution is 5.13. The lowest BCUT2D eigenvalue weighted by Crippen LogP contribution is -2.30. The van der Waals surface area contributed by atoms with Crippen LogP contribution in [0, 0.1) is 0 Å². The van der Waals surface area contributed by atoms with Crippen molar-refractivity contribution >= 4 is 0 Å². The zero-order valence-electron chi connectivity index (χ0n) is 11.0. The van der Waals surface area contributed by atoms with Gasteiger partial charge in [-0.05, 0) is 46.2 Å². The van der Waals surface area contributed by atoms with Crippen LogP contribution in [0.15, 0.2) is 6.20 Å². The molecule has 2 aliphatic heterocycles. The van der Waals surface area contributed by atoms with Crippen molar-refractivity contribution in [2.75, 3.05) is 20.1 Å². The summed E-state index contributed by atoms with van der Waals surface area (Å²) in [5.41, 5.74) is 1.35. The molecular formula is C14H23N3. The summed E-state index contributed by atoms with van der Waals surface area (Å²) in [5.74, 6) is 1.99. The molecular weight excluding hydrogens is 210 g/mol. The Morgan fingerprint density at radius 3 is 2.94 bits per heavy atom. The molecule has 1 saturated heterocycles. The van der Waals surface area contributed by atoms with Crippen molar-refractivity contribution in [1.82, 2.24) is 14.5 Å². The topological polar surface area (TPSA) is 21.1 Å². The largest absolute Gasteiger partial charge is 0.332 e. The van der Waals surface area contributed by atoms with Crippen LogP contribution in [0.25, 0.3) is 0 Å². The fourth-order valence-electron chi connectivity index (χ4n) is 3.32. The van der Waals surface area contributed by atoms with E-state index in [0.29, 0.717) is 12.0 Å². The van der Waals surface area contributed by atoms with Crippen molar-refractivity contribution in [1.29, 1.82) is 0 Å². The predicted molar refractivity (Wildman–Crippen MR) is 69.3 cm³/mol. The van der Waals surface area contributed by atoms with Gasteiger partial charge in [0.2, 0.25) is 0 Å². The van der Waals surface area contributed by atoms with Gasteiger partial charge in [0.25, 0.3) is 0 Å². The number of piperidine rings is 1. The molecule has 3 heteroatoms. The molecule has 1 fully saturated rings. The lowest BCUT2D eigenvalue weighted by molar-refractivity contribution is 0.248. The minimum atomic E-state index is 0.654. The highest BCUT2D eigenvalue weighted by atomic mass is 15.1. The first-order valence-corrected chi connectivity index (χ1v) is 7.00. The normalized spacial score (nSPS) is 30.2. The second-order valence-electron chi connectivity index (χ2n) is 5.83. The first-order chi connectivity index (χ1) is 8.24. The number of likely N-dealkylation sites (tertiary alicyclic amines) is 1. The van der Waals surface area contributed by atoms with E-state index in [4.69, 9.17) is 4.98 Å². The zero-order valence-corrected chi connectivity index (χ0v) is 11.0. The highest BCUT2D eigenvalue weighted by Crippen LogP contribution is 2.30. The van der Waals surface area contributed by atoms with E-state index in [1.807, 2.05) is 0 Å². The third-order valence-corrected chi connectivity index (χ3v) is 4.37. The van der Waals surface area contributed by atoms with Crippen LogP contribution >= 0.6 is 0 Å². The molecule has 3 heterocycles. The average molecular weight is 233 g/mol. The van der Waals surface area contributed by atoms with Crippen molar-refractivity contribution < 1.29 is 0 Å². The molecule has 2 atom stereocenters. The molecule has 3 nitrogen and oxygen atoms in total. The molecule has 2 aliphatic rings. The van der Waals surface area contributed by atoms with Crippen LogP contribution in [-0.4, -0.2) is 34.6 Å². The Hall–Kier alpha value is -0.830. The number of rotatable bonds is 1. The molecule has 1 aromatic rings. The summed E-state index contributed by atoms with van der Waals surface area (Å²) < 4.78 is 2.42. The fourth-order valence-corrected chi connectivity index (χ4v) is 3.32. The molecule has 94 valence electrons. The van der Waals surface area contributed by atoms with E-state index < -0.39 is 0 Å². The van der Waals surface area contributed by atoms with E-state index >= 15 is 0 Å². The lowest BCUT2D eigenvalue weighted by Gasteiger charge is -2.28. The summed E-state index contributed by atoms with van der Waals surface area (Å²) in [4.78, 5) is 7.34. The minimum Gasteiger partial charge on any atom is -0.332 e. The van der Waals surface area contributed by atoms with Crippen LogP contribution < -0.4 is 0 Å². The van der Waals surface area contributed by atoms with Crippen LogP contribution in [0.2, 0.25) is 0 Å². The molecule has 0 saturated carbocycles. The lowest BCUT2D eigenvalue weighted by atomic mass is 9.96. The maximum Gasteiger partial charge on any atom is 0.109 e. The molecule has 2 unspecified atom stereocenters. The quantitative estimate of drug-likeness (QED) is 0.743. The van der Waals surface area contributed by atoms with Crippen LogP contribution in [0.5, 0.6) is 0 Å². The van der Waals surface area contributed by atoms with Gasteiger partial charge in [-0.3, -0.25) is 0 Å². The predicted octanol–water partition coefficient (Wildman–Crippen LogP) is 2.59. The van der Waals surface area contributed by atoms with Gasteiger partial charge in [-0.25, -0.2) is 4.98 Å². The standard InChI is InChI=1S/C14H23N3/c1-11-5-3-7-14-15-13(10-17(11)14)12-6-4-8-16(2)9-12/h10-12H,3-9H2,1-2H3. The third kappa shape index (κ3) is 2.13. The average Bonchev–Trinajstić information content (AvgIpc) is 2.74. The number of hydrogen-bond donors (Lipinski definition) is 0. The number of likely N-dealkylation sites (N-methyl/N-ethyl adjacent to an activating group) is 1. The van der Waals surface area contributed by atoms with Gasteiger partial charge in [0.15, 0.2) is 0 Å². The van der Waals surface area contributed by atoms with Crippen LogP contribution in [0.4, 0.5) is 0 Å². The van der Waals surface area contributed by atoms with Crippen molar-refractivity contribution in [3.05, 3.63) is 17.7 Å². The van der Waals surface area contributed by atoms with Crippen molar-refractivity contribution in [2.45, 2.75) is 51.0 Å². The molecule has 0 radical (unpaired) electrons. The summed E-state index contributed by atoms with van der Waals surface area (Å²) in [5, 5.41) is 0. The molecule has 0 spiro atoms. The van der Waals surface area contributed by atoms with Gasteiger partial charge in [0.1, 0.15) is 5.82 Å². The summed E-state index contributed by atoms with van der Waals surface area (Å²) in [6.07, 6.45) is 8.76. The molecule has 17 heavy (non-hydrogen) atoms. The summed E-state index contributed by atoms with van der Waals surface area (Å²) >= 11 is 0. The second-order valence-corrected chi connectivity index (χ2v) is 5.83. The zero-order chi connectivity index (χ0) is 11.8. The Kier molecular flexibility index (Phi) is 2.95. The fraction of sp³-hybridized carbons (Fsp3) is 0.786. The Morgan fingerprint density at radius 2 is 2.18 bits per heavy atom. The number of hydrogen-bond acceptors (Lipinski definition) is 2. The maximum absolute atomic E-state index is 4.90. The number of nitrogens with zero attached hydrogens (tertiary/aromatic N) is 3. The summed E-state index contributed by atoms with van der Waals surface area (Å²) in [6, 6.07) is 0.654. The Bertz CT molecular complexity index is 396. The number of aromatic nitrogens is 2. The van der Waals surface area contributed by atoms with E-state index in [-0.39, 0.29) is 0 Å². The van der Waals surface area contributed by atoms with Crippen LogP contribution in [-0.2, 0) is 6.42 Å². The molecule has 0 aromatic carbocycles. The third-order valence-electron chi connectivity index (χ3n) is 4.37. The van der Waals surface area contributed by atoms with Gasteiger partial charge in [-0.2, -0.15) is 0 Å². The van der Waals surface area contributed by atoms with E-state index in [9.17, 15) is 0 Å². The smallest absolute Gasteiger partial charge is 0.109 e. The second kappa shape index (κ2) is 4.45. The van der Waals surface area contributed by atoms with Crippen LogP contribution in [0.1, 0.15) is 56.1 Å². The molecule has 0 N–H and O–H groups in total.